The topological polar surface area (TPSA) is 94.8 Å². The molecule has 3 aromatic heterocycles. The normalized spacial score (nSPS) is 20.0. The summed E-state index contributed by atoms with van der Waals surface area (Å²) < 4.78 is 0. The molecule has 8 heteroatoms. The minimum absolute atomic E-state index is 0.102. The van der Waals surface area contributed by atoms with E-state index in [0.29, 0.717) is 18.0 Å². The maximum atomic E-state index is 4.78. The zero-order valence-electron chi connectivity index (χ0n) is 14.2. The molecule has 0 radical (unpaired) electrons. The largest absolute Gasteiger partial charge is 0.343 e. The van der Waals surface area contributed by atoms with Crippen molar-refractivity contribution < 1.29 is 0 Å². The predicted octanol–water partition coefficient (Wildman–Crippen LogP) is 1.80. The second-order valence-electron chi connectivity index (χ2n) is 6.62. The third kappa shape index (κ3) is 2.30. The number of imidazole rings is 1. The SMILES string of the molecule is C1=NCc2ccc(C3=NC4C=NC(c5nc6ncccc6[nH]5)=CN4C3)nc21. The molecule has 0 amide bonds. The van der Waals surface area contributed by atoms with Crippen molar-refractivity contribution in [2.75, 3.05) is 6.54 Å². The Bertz CT molecular complexity index is 1170. The number of aromatic amines is 1. The van der Waals surface area contributed by atoms with Crippen molar-refractivity contribution in [1.29, 1.82) is 0 Å². The molecule has 130 valence electrons. The van der Waals surface area contributed by atoms with Gasteiger partial charge in [-0.25, -0.2) is 15.0 Å². The first-order chi connectivity index (χ1) is 13.3. The number of hydrogen-bond donors (Lipinski definition) is 1. The van der Waals surface area contributed by atoms with Gasteiger partial charge in [-0.1, -0.05) is 6.07 Å². The molecule has 0 spiro atoms. The van der Waals surface area contributed by atoms with Gasteiger partial charge in [0.05, 0.1) is 35.7 Å². The Morgan fingerprint density at radius 2 is 2.15 bits per heavy atom. The van der Waals surface area contributed by atoms with Gasteiger partial charge in [0, 0.05) is 30.4 Å². The maximum absolute atomic E-state index is 4.78. The minimum atomic E-state index is -0.102. The first-order valence-electron chi connectivity index (χ1n) is 8.73. The molecule has 3 aliphatic heterocycles. The van der Waals surface area contributed by atoms with Crippen molar-refractivity contribution in [3.8, 4) is 0 Å². The van der Waals surface area contributed by atoms with E-state index in [4.69, 9.17) is 9.98 Å². The predicted molar refractivity (Wildman–Crippen MR) is 103 cm³/mol. The quantitative estimate of drug-likeness (QED) is 0.759. The zero-order valence-corrected chi connectivity index (χ0v) is 14.2. The molecule has 1 atom stereocenters. The van der Waals surface area contributed by atoms with Crippen LogP contribution < -0.4 is 0 Å². The Balaban J connectivity index is 1.30. The number of hydrogen-bond acceptors (Lipinski definition) is 7. The molecule has 0 bridgehead atoms. The third-order valence-corrected chi connectivity index (χ3v) is 4.88. The second kappa shape index (κ2) is 5.41. The molecule has 3 aliphatic rings. The highest BCUT2D eigenvalue weighted by molar-refractivity contribution is 6.04. The molecule has 6 rings (SSSR count). The van der Waals surface area contributed by atoms with Crippen LogP contribution in [0.25, 0.3) is 16.9 Å². The van der Waals surface area contributed by atoms with Crippen molar-refractivity contribution in [3.05, 3.63) is 59.4 Å². The van der Waals surface area contributed by atoms with Gasteiger partial charge in [0.25, 0.3) is 0 Å². The van der Waals surface area contributed by atoms with E-state index in [1.807, 2.05) is 36.8 Å². The van der Waals surface area contributed by atoms with Crippen LogP contribution in [0.3, 0.4) is 0 Å². The summed E-state index contributed by atoms with van der Waals surface area (Å²) in [6.07, 6.45) is 7.30. The molecule has 0 saturated carbocycles. The van der Waals surface area contributed by atoms with Gasteiger partial charge in [0.1, 0.15) is 5.70 Å². The highest BCUT2D eigenvalue weighted by Gasteiger charge is 2.28. The fourth-order valence-corrected chi connectivity index (χ4v) is 3.50. The van der Waals surface area contributed by atoms with Crippen LogP contribution in [0.4, 0.5) is 0 Å². The molecule has 3 aromatic rings. The van der Waals surface area contributed by atoms with E-state index >= 15 is 0 Å². The molecule has 0 aliphatic carbocycles. The van der Waals surface area contributed by atoms with Gasteiger partial charge in [0.2, 0.25) is 0 Å². The van der Waals surface area contributed by atoms with Gasteiger partial charge in [-0.2, -0.15) is 0 Å². The molecule has 27 heavy (non-hydrogen) atoms. The van der Waals surface area contributed by atoms with Crippen molar-refractivity contribution in [3.63, 3.8) is 0 Å². The zero-order chi connectivity index (χ0) is 17.8. The average Bonchev–Trinajstić information content (AvgIpc) is 3.42. The summed E-state index contributed by atoms with van der Waals surface area (Å²) >= 11 is 0. The van der Waals surface area contributed by atoms with Crippen LogP contribution in [0.1, 0.15) is 22.8 Å². The lowest BCUT2D eigenvalue weighted by Gasteiger charge is -2.21. The number of aliphatic imine (C=N–C) groups is 3. The molecule has 8 nitrogen and oxygen atoms in total. The van der Waals surface area contributed by atoms with Gasteiger partial charge >= 0.3 is 0 Å². The summed E-state index contributed by atoms with van der Waals surface area (Å²) in [6.45, 7) is 1.40. The van der Waals surface area contributed by atoms with Crippen LogP contribution in [-0.2, 0) is 6.54 Å². The number of aromatic nitrogens is 4. The Hall–Kier alpha value is -3.68. The van der Waals surface area contributed by atoms with E-state index in [0.717, 1.165) is 40.4 Å². The Morgan fingerprint density at radius 3 is 3.11 bits per heavy atom. The second-order valence-corrected chi connectivity index (χ2v) is 6.62. The molecule has 6 heterocycles. The highest BCUT2D eigenvalue weighted by atomic mass is 15.3. The van der Waals surface area contributed by atoms with Crippen LogP contribution in [-0.4, -0.2) is 55.7 Å². The van der Waals surface area contributed by atoms with Crippen molar-refractivity contribution in [1.82, 2.24) is 24.8 Å². The maximum Gasteiger partial charge on any atom is 0.178 e. The van der Waals surface area contributed by atoms with E-state index < -0.39 is 0 Å². The Morgan fingerprint density at radius 1 is 1.15 bits per heavy atom. The standard InChI is InChI=1S/C19H14N8/c1-2-13-18(21-5-1)26-19(25-13)16-10-27-9-15(24-17(27)8-22-16)12-4-3-11-6-20-7-14(11)23-12/h1-5,7-8,10,17H,6,9H2,(H,21,25,26). The molecular formula is C19H14N8. The van der Waals surface area contributed by atoms with E-state index in [2.05, 4.69) is 35.9 Å². The Kier molecular flexibility index (Phi) is 2.90. The van der Waals surface area contributed by atoms with Gasteiger partial charge in [-0.15, -0.1) is 0 Å². The lowest BCUT2D eigenvalue weighted by Crippen LogP contribution is -2.29. The van der Waals surface area contributed by atoms with Crippen molar-refractivity contribution >= 4 is 35.0 Å². The number of nitrogens with one attached hydrogen (secondary N) is 1. The minimum Gasteiger partial charge on any atom is -0.343 e. The fraction of sp³-hybridized carbons (Fsp3) is 0.158. The summed E-state index contributed by atoms with van der Waals surface area (Å²) in [5.74, 6) is 0.707. The van der Waals surface area contributed by atoms with Crippen LogP contribution in [0, 0.1) is 0 Å². The molecular weight excluding hydrogens is 340 g/mol. The van der Waals surface area contributed by atoms with Crippen molar-refractivity contribution in [2.24, 2.45) is 15.0 Å². The number of pyridine rings is 2. The van der Waals surface area contributed by atoms with Crippen LogP contribution in [0.5, 0.6) is 0 Å². The average molecular weight is 354 g/mol. The summed E-state index contributed by atoms with van der Waals surface area (Å²) in [7, 11) is 0. The van der Waals surface area contributed by atoms with Crippen molar-refractivity contribution in [2.45, 2.75) is 12.7 Å². The summed E-state index contributed by atoms with van der Waals surface area (Å²) in [4.78, 5) is 32.5. The summed E-state index contributed by atoms with van der Waals surface area (Å²) in [6, 6.07) is 7.95. The van der Waals surface area contributed by atoms with Gasteiger partial charge < -0.3 is 9.88 Å². The van der Waals surface area contributed by atoms with E-state index in [1.165, 1.54) is 0 Å². The van der Waals surface area contributed by atoms with E-state index in [1.54, 1.807) is 6.20 Å². The lowest BCUT2D eigenvalue weighted by molar-refractivity contribution is 0.418. The van der Waals surface area contributed by atoms with Gasteiger partial charge in [0.15, 0.2) is 17.6 Å². The molecule has 1 N–H and O–H groups in total. The number of fused-ring (bicyclic) bond motifs is 3. The first kappa shape index (κ1) is 14.5. The van der Waals surface area contributed by atoms with Crippen LogP contribution >= 0.6 is 0 Å². The van der Waals surface area contributed by atoms with Gasteiger partial charge in [-0.3, -0.25) is 15.0 Å². The number of nitrogens with zero attached hydrogens (tertiary/aromatic N) is 7. The smallest absolute Gasteiger partial charge is 0.178 e. The first-order valence-corrected chi connectivity index (χ1v) is 8.73. The van der Waals surface area contributed by atoms with Crippen LogP contribution in [0.2, 0.25) is 0 Å². The summed E-state index contributed by atoms with van der Waals surface area (Å²) in [5, 5.41) is 0. The van der Waals surface area contributed by atoms with E-state index in [-0.39, 0.29) is 6.17 Å². The lowest BCUT2D eigenvalue weighted by atomic mass is 10.1. The fourth-order valence-electron chi connectivity index (χ4n) is 3.50. The van der Waals surface area contributed by atoms with Gasteiger partial charge in [-0.05, 0) is 18.2 Å². The molecule has 0 saturated heterocycles. The molecule has 0 fully saturated rings. The number of H-pyrrole nitrogens is 1. The van der Waals surface area contributed by atoms with E-state index in [9.17, 15) is 0 Å². The highest BCUT2D eigenvalue weighted by Crippen LogP contribution is 2.25. The molecule has 1 unspecified atom stereocenters. The monoisotopic (exact) mass is 354 g/mol. The van der Waals surface area contributed by atoms with Crippen LogP contribution in [0.15, 0.2) is 51.6 Å². The molecule has 0 aromatic carbocycles. The summed E-state index contributed by atoms with van der Waals surface area (Å²) in [5.41, 5.74) is 6.32. The Labute approximate surface area is 154 Å². The number of rotatable bonds is 2. The third-order valence-electron chi connectivity index (χ3n) is 4.88.